The summed E-state index contributed by atoms with van der Waals surface area (Å²) in [7, 11) is 0. The average molecular weight is 458 g/mol. The number of carbonyl (C=O) groups is 2. The monoisotopic (exact) mass is 457 g/mol. The van der Waals surface area contributed by atoms with Crippen LogP contribution >= 0.6 is 0 Å². The second-order valence-corrected chi connectivity index (χ2v) is 10.2. The molecule has 0 saturated carbocycles. The maximum absolute atomic E-state index is 13.4. The predicted octanol–water partition coefficient (Wildman–Crippen LogP) is 6.44. The summed E-state index contributed by atoms with van der Waals surface area (Å²) in [5, 5.41) is 11.5. The summed E-state index contributed by atoms with van der Waals surface area (Å²) >= 11 is 0. The number of aliphatic hydroxyl groups excluding tert-OH is 1. The molecule has 1 atom stereocenters. The second-order valence-electron chi connectivity index (χ2n) is 10.2. The summed E-state index contributed by atoms with van der Waals surface area (Å²) in [6.07, 6.45) is 0. The quantitative estimate of drug-likeness (QED) is 0.279. The van der Waals surface area contributed by atoms with Crippen LogP contribution < -0.4 is 4.90 Å². The van der Waals surface area contributed by atoms with E-state index in [9.17, 15) is 14.7 Å². The lowest BCUT2D eigenvalue weighted by Crippen LogP contribution is -2.29. The maximum Gasteiger partial charge on any atom is 0.300 e. The van der Waals surface area contributed by atoms with Crippen LogP contribution in [0.25, 0.3) is 5.76 Å². The van der Waals surface area contributed by atoms with E-state index in [1.54, 1.807) is 12.1 Å². The standard InChI is InChI=1S/C29H31NO4/c1-16-9-12-21(14-18(16)3)30-25(23-13-10-19(4)34-23)24(27(32)28(30)33)26(31)22-15-20(29(5,6)7)11-8-17(22)2/h8-15,25,31H,1-7H3/b26-24+. The molecule has 0 bridgehead atoms. The Morgan fingerprint density at radius 1 is 0.882 bits per heavy atom. The van der Waals surface area contributed by atoms with E-state index in [1.165, 1.54) is 4.90 Å². The van der Waals surface area contributed by atoms with Crippen molar-refractivity contribution in [2.45, 2.75) is 59.9 Å². The minimum atomic E-state index is -0.867. The number of ketones is 1. The third-order valence-electron chi connectivity index (χ3n) is 6.60. The number of amides is 1. The number of hydrogen-bond acceptors (Lipinski definition) is 4. The lowest BCUT2D eigenvalue weighted by Gasteiger charge is -2.25. The normalized spacial score (nSPS) is 18.1. The Labute approximate surface area is 200 Å². The first-order chi connectivity index (χ1) is 15.9. The number of aliphatic hydroxyl groups is 1. The van der Waals surface area contributed by atoms with Crippen LogP contribution in [0.4, 0.5) is 5.69 Å². The van der Waals surface area contributed by atoms with Gasteiger partial charge >= 0.3 is 0 Å². The van der Waals surface area contributed by atoms with Gasteiger partial charge in [0, 0.05) is 11.3 Å². The van der Waals surface area contributed by atoms with Gasteiger partial charge in [0.1, 0.15) is 23.3 Å². The number of carbonyl (C=O) groups excluding carboxylic acids is 2. The van der Waals surface area contributed by atoms with Crippen LogP contribution in [0.1, 0.15) is 66.2 Å². The Balaban J connectivity index is 1.97. The maximum atomic E-state index is 13.4. The van der Waals surface area contributed by atoms with Crippen LogP contribution in [0.2, 0.25) is 0 Å². The summed E-state index contributed by atoms with van der Waals surface area (Å²) in [5.74, 6) is -0.510. The molecule has 0 spiro atoms. The zero-order valence-electron chi connectivity index (χ0n) is 20.8. The fourth-order valence-electron chi connectivity index (χ4n) is 4.33. The Kier molecular flexibility index (Phi) is 5.76. The molecule has 0 radical (unpaired) electrons. The van der Waals surface area contributed by atoms with Crippen molar-refractivity contribution in [3.05, 3.63) is 93.4 Å². The molecule has 5 heteroatoms. The van der Waals surface area contributed by atoms with Gasteiger partial charge in [-0.1, -0.05) is 39.0 Å². The van der Waals surface area contributed by atoms with E-state index in [2.05, 4.69) is 20.8 Å². The number of furan rings is 1. The van der Waals surface area contributed by atoms with Gasteiger partial charge in [0.05, 0.1) is 5.57 Å². The van der Waals surface area contributed by atoms with Gasteiger partial charge in [0.2, 0.25) is 0 Å². The highest BCUT2D eigenvalue weighted by atomic mass is 16.3. The van der Waals surface area contributed by atoms with Gasteiger partial charge < -0.3 is 9.52 Å². The minimum Gasteiger partial charge on any atom is -0.507 e. The van der Waals surface area contributed by atoms with E-state index in [0.29, 0.717) is 22.8 Å². The van der Waals surface area contributed by atoms with Crippen molar-refractivity contribution in [3.8, 4) is 0 Å². The van der Waals surface area contributed by atoms with Gasteiger partial charge in [-0.05, 0) is 85.7 Å². The van der Waals surface area contributed by atoms with Crippen molar-refractivity contribution in [2.75, 3.05) is 4.90 Å². The summed E-state index contributed by atoms with van der Waals surface area (Å²) in [6.45, 7) is 13.9. The Morgan fingerprint density at radius 2 is 1.56 bits per heavy atom. The topological polar surface area (TPSA) is 70.8 Å². The molecule has 2 aromatic carbocycles. The first-order valence-electron chi connectivity index (χ1n) is 11.5. The lowest BCUT2D eigenvalue weighted by atomic mass is 9.84. The summed E-state index contributed by atoms with van der Waals surface area (Å²) in [4.78, 5) is 28.2. The SMILES string of the molecule is Cc1ccc(C2/C(=C(\O)c3cc(C(C)(C)C)ccc3C)C(=O)C(=O)N2c2ccc(C)c(C)c2)o1. The van der Waals surface area contributed by atoms with Gasteiger partial charge in [-0.15, -0.1) is 0 Å². The predicted molar refractivity (Wildman–Crippen MR) is 134 cm³/mol. The first-order valence-corrected chi connectivity index (χ1v) is 11.5. The number of aryl methyl sites for hydroxylation is 4. The first kappa shape index (κ1) is 23.6. The summed E-state index contributed by atoms with van der Waals surface area (Å²) < 4.78 is 5.90. The summed E-state index contributed by atoms with van der Waals surface area (Å²) in [6, 6.07) is 14.2. The molecule has 5 nitrogen and oxygen atoms in total. The fourth-order valence-corrected chi connectivity index (χ4v) is 4.33. The Hall–Kier alpha value is -3.60. The number of benzene rings is 2. The van der Waals surface area contributed by atoms with E-state index in [4.69, 9.17) is 4.42 Å². The van der Waals surface area contributed by atoms with Gasteiger partial charge in [0.15, 0.2) is 0 Å². The Bertz CT molecular complexity index is 1340. The van der Waals surface area contributed by atoms with Gasteiger partial charge in [-0.3, -0.25) is 14.5 Å². The van der Waals surface area contributed by atoms with Crippen molar-refractivity contribution in [3.63, 3.8) is 0 Å². The zero-order valence-corrected chi connectivity index (χ0v) is 20.8. The van der Waals surface area contributed by atoms with Gasteiger partial charge in [-0.2, -0.15) is 0 Å². The molecular formula is C29H31NO4. The molecular weight excluding hydrogens is 426 g/mol. The van der Waals surface area contributed by atoms with Crippen LogP contribution in [0, 0.1) is 27.7 Å². The second kappa shape index (κ2) is 8.32. The van der Waals surface area contributed by atoms with E-state index >= 15 is 0 Å². The molecule has 1 aliphatic heterocycles. The third kappa shape index (κ3) is 3.96. The number of hydrogen-bond donors (Lipinski definition) is 1. The lowest BCUT2D eigenvalue weighted by molar-refractivity contribution is -0.132. The zero-order chi connectivity index (χ0) is 24.9. The van der Waals surface area contributed by atoms with Crippen molar-refractivity contribution >= 4 is 23.1 Å². The third-order valence-corrected chi connectivity index (χ3v) is 6.60. The molecule has 3 aromatic rings. The fraction of sp³-hybridized carbons (Fsp3) is 0.310. The summed E-state index contributed by atoms with van der Waals surface area (Å²) in [5.41, 5.74) is 4.94. The minimum absolute atomic E-state index is 0.0340. The molecule has 34 heavy (non-hydrogen) atoms. The largest absolute Gasteiger partial charge is 0.507 e. The molecule has 0 aliphatic carbocycles. The number of anilines is 1. The highest BCUT2D eigenvalue weighted by molar-refractivity contribution is 6.51. The van der Waals surface area contributed by atoms with Crippen LogP contribution in [-0.4, -0.2) is 16.8 Å². The molecule has 1 amide bonds. The average Bonchev–Trinajstić information content (AvgIpc) is 3.30. The highest BCUT2D eigenvalue weighted by Crippen LogP contribution is 2.43. The molecule has 1 aromatic heterocycles. The van der Waals surface area contributed by atoms with Crippen LogP contribution in [0.15, 0.2) is 58.5 Å². The molecule has 176 valence electrons. The molecule has 1 N–H and O–H groups in total. The van der Waals surface area contributed by atoms with E-state index in [-0.39, 0.29) is 16.7 Å². The van der Waals surface area contributed by atoms with Gasteiger partial charge in [0.25, 0.3) is 11.7 Å². The van der Waals surface area contributed by atoms with E-state index in [1.807, 2.05) is 64.1 Å². The van der Waals surface area contributed by atoms with Crippen molar-refractivity contribution in [1.82, 2.24) is 0 Å². The van der Waals surface area contributed by atoms with Crippen LogP contribution in [-0.2, 0) is 15.0 Å². The number of nitrogens with zero attached hydrogens (tertiary/aromatic N) is 1. The van der Waals surface area contributed by atoms with E-state index in [0.717, 1.165) is 22.3 Å². The highest BCUT2D eigenvalue weighted by Gasteiger charge is 2.48. The number of rotatable bonds is 3. The van der Waals surface area contributed by atoms with E-state index < -0.39 is 17.7 Å². The van der Waals surface area contributed by atoms with Gasteiger partial charge in [-0.25, -0.2) is 0 Å². The molecule has 1 unspecified atom stereocenters. The molecule has 1 fully saturated rings. The van der Waals surface area contributed by atoms with Crippen molar-refractivity contribution in [1.29, 1.82) is 0 Å². The van der Waals surface area contributed by atoms with Crippen molar-refractivity contribution < 1.29 is 19.1 Å². The smallest absolute Gasteiger partial charge is 0.300 e. The van der Waals surface area contributed by atoms with Crippen LogP contribution in [0.5, 0.6) is 0 Å². The molecule has 2 heterocycles. The molecule has 1 aliphatic rings. The Morgan fingerprint density at radius 3 is 2.15 bits per heavy atom. The molecule has 1 saturated heterocycles. The van der Waals surface area contributed by atoms with Crippen molar-refractivity contribution in [2.24, 2.45) is 0 Å². The molecule has 4 rings (SSSR count). The van der Waals surface area contributed by atoms with Crippen LogP contribution in [0.3, 0.4) is 0 Å². The number of Topliss-reactive ketones (excluding diaryl/α,β-unsaturated/α-hetero) is 1.